The number of anilines is 2. The summed E-state index contributed by atoms with van der Waals surface area (Å²) in [5.41, 5.74) is 33.1. The van der Waals surface area contributed by atoms with E-state index in [0.29, 0.717) is 47.0 Å². The molecule has 0 saturated carbocycles. The summed E-state index contributed by atoms with van der Waals surface area (Å²) in [4.78, 5) is 34.7. The fourth-order valence-corrected chi connectivity index (χ4v) is 11.1. The van der Waals surface area contributed by atoms with Crippen LogP contribution in [0, 0.1) is 63.2 Å². The molecule has 12 heteroatoms. The molecule has 6 heterocycles. The van der Waals surface area contributed by atoms with E-state index in [1.807, 2.05) is 120 Å². The molecule has 12 nitrogen and oxygen atoms in total. The number of allylic oxidation sites excluding steroid dienone is 5. The van der Waals surface area contributed by atoms with Crippen molar-refractivity contribution in [2.24, 2.45) is 0 Å². The molecule has 74 heavy (non-hydrogen) atoms. The van der Waals surface area contributed by atoms with Gasteiger partial charge in [-0.05, 0) is 174 Å². The lowest BCUT2D eigenvalue weighted by Gasteiger charge is -2.18. The van der Waals surface area contributed by atoms with Gasteiger partial charge in [0.2, 0.25) is 0 Å². The minimum absolute atomic E-state index is 0.139. The van der Waals surface area contributed by atoms with Crippen molar-refractivity contribution in [3.8, 4) is 23.3 Å². The van der Waals surface area contributed by atoms with E-state index in [1.54, 1.807) is 6.08 Å². The quantitative estimate of drug-likeness (QED) is 0.106. The number of benzene rings is 5. The molecule has 362 valence electrons. The Labute approximate surface area is 429 Å². The molecule has 2 aromatic heterocycles. The Balaban J connectivity index is 0.000000159. The third-order valence-electron chi connectivity index (χ3n) is 14.8. The Hall–Kier alpha value is -9.07. The van der Waals surface area contributed by atoms with E-state index in [1.165, 1.54) is 0 Å². The zero-order chi connectivity index (χ0) is 51.7. The summed E-state index contributed by atoms with van der Waals surface area (Å²) in [6.07, 6.45) is 4.89. The Kier molecular flexibility index (Phi) is 11.8. The third kappa shape index (κ3) is 8.26. The number of nitrogens with one attached hydrogen (secondary N) is 2. The van der Waals surface area contributed by atoms with E-state index >= 15 is 0 Å². The Bertz CT molecular complexity index is 3700. The van der Waals surface area contributed by atoms with Crippen molar-refractivity contribution in [2.75, 3.05) is 11.5 Å². The number of pyridine rings is 2. The van der Waals surface area contributed by atoms with Crippen molar-refractivity contribution >= 4 is 23.5 Å². The van der Waals surface area contributed by atoms with Crippen LogP contribution in [0.2, 0.25) is 0 Å². The lowest BCUT2D eigenvalue weighted by Crippen LogP contribution is -2.24. The molecule has 5 aromatic carbocycles. The van der Waals surface area contributed by atoms with Crippen LogP contribution in [0.3, 0.4) is 0 Å². The number of ether oxygens (including phenoxy) is 2. The van der Waals surface area contributed by atoms with Crippen LogP contribution in [0.15, 0.2) is 139 Å². The summed E-state index contributed by atoms with van der Waals surface area (Å²) in [6, 6.07) is 38.3. The summed E-state index contributed by atoms with van der Waals surface area (Å²) in [5.74, 6) is 1.54. The van der Waals surface area contributed by atoms with Gasteiger partial charge in [0.1, 0.15) is 41.6 Å². The smallest absolute Gasteiger partial charge is 0.251 e. The first-order valence-electron chi connectivity index (χ1n) is 24.4. The van der Waals surface area contributed by atoms with Gasteiger partial charge in [0.25, 0.3) is 11.8 Å². The first-order valence-corrected chi connectivity index (χ1v) is 24.4. The highest BCUT2D eigenvalue weighted by atomic mass is 16.5. The number of carbonyl (C=O) groups is 2. The first-order chi connectivity index (χ1) is 35.7. The maximum atomic E-state index is 13.1. The van der Waals surface area contributed by atoms with Crippen LogP contribution in [0.5, 0.6) is 0 Å². The van der Waals surface area contributed by atoms with Crippen molar-refractivity contribution in [2.45, 2.75) is 72.1 Å². The van der Waals surface area contributed by atoms with Gasteiger partial charge < -0.3 is 31.6 Å². The number of amides is 2. The molecule has 6 N–H and O–H groups in total. The van der Waals surface area contributed by atoms with Crippen LogP contribution in [0.1, 0.15) is 140 Å². The second-order valence-electron chi connectivity index (χ2n) is 19.5. The summed E-state index contributed by atoms with van der Waals surface area (Å²) < 4.78 is 12.7. The van der Waals surface area contributed by atoms with Crippen LogP contribution >= 0.6 is 0 Å². The maximum Gasteiger partial charge on any atom is 0.251 e. The molecular formula is C62H51N8O4+. The number of aromatic nitrogens is 2. The molecular weight excluding hydrogens is 921 g/mol. The fourth-order valence-electron chi connectivity index (χ4n) is 11.1. The van der Waals surface area contributed by atoms with Crippen molar-refractivity contribution in [3.05, 3.63) is 251 Å². The average molecular weight is 972 g/mol. The van der Waals surface area contributed by atoms with E-state index in [2.05, 4.69) is 69.7 Å². The molecule has 2 amide bonds. The molecule has 4 atom stereocenters. The van der Waals surface area contributed by atoms with Crippen molar-refractivity contribution in [1.82, 2.24) is 20.6 Å². The van der Waals surface area contributed by atoms with E-state index in [9.17, 15) is 20.1 Å². The number of carbonyl (C=O) groups excluding carboxylic acids is 2. The molecule has 12 rings (SSSR count). The molecule has 7 aromatic rings. The van der Waals surface area contributed by atoms with Crippen LogP contribution in [0.25, 0.3) is 11.1 Å². The second-order valence-corrected chi connectivity index (χ2v) is 19.5. The number of nitrogens with two attached hydrogens (primary N) is 2. The number of rotatable bonds is 8. The van der Waals surface area contributed by atoms with E-state index in [0.717, 1.165) is 112 Å². The minimum Gasteiger partial charge on any atom is -0.384 e. The molecule has 0 saturated heterocycles. The number of aryl methyl sites for hydroxylation is 5. The predicted octanol–water partition coefficient (Wildman–Crippen LogP) is 10.8. The van der Waals surface area contributed by atoms with Crippen LogP contribution in [-0.2, 0) is 22.6 Å². The lowest BCUT2D eigenvalue weighted by molar-refractivity contribution is 0.0855. The highest BCUT2D eigenvalue weighted by Gasteiger charge is 2.45. The number of fused-ring (bicyclic) bond motifs is 16. The monoisotopic (exact) mass is 971 g/mol. The largest absolute Gasteiger partial charge is 0.384 e. The number of hydrogen-bond donors (Lipinski definition) is 4. The number of nitrogen functional groups attached to an aromatic ring is 2. The molecule has 1 aliphatic carbocycles. The Morgan fingerprint density at radius 3 is 1.66 bits per heavy atom. The molecule has 5 aliphatic rings. The zero-order valence-corrected chi connectivity index (χ0v) is 41.6. The Morgan fingerprint density at radius 2 is 1.12 bits per heavy atom. The van der Waals surface area contributed by atoms with E-state index in [-0.39, 0.29) is 36.2 Å². The molecule has 0 spiro atoms. The SMILES string of the molecule is C=C1C=C[C+](c2ccc3c(c2)C2OC3c3ccc(C(=O)NCc4c(C)cc(N)nc4C)cc32)C(C#N)=C1.Cc1ccc(-c2ccc3c(c2)C2OC3c3cc(C(=O)NCc4c(C)cc(N)nc4C)ccc32)c(C#N)c1. The van der Waals surface area contributed by atoms with Crippen LogP contribution < -0.4 is 22.1 Å². The van der Waals surface area contributed by atoms with Gasteiger partial charge in [-0.25, -0.2) is 9.97 Å². The molecule has 4 unspecified atom stereocenters. The Morgan fingerprint density at radius 1 is 0.622 bits per heavy atom. The predicted molar refractivity (Wildman–Crippen MR) is 283 cm³/mol. The molecule has 0 fully saturated rings. The van der Waals surface area contributed by atoms with E-state index < -0.39 is 0 Å². The summed E-state index contributed by atoms with van der Waals surface area (Å²) in [5, 5.41) is 25.3. The fraction of sp³-hybridized carbons (Fsp3) is 0.177. The van der Waals surface area contributed by atoms with Gasteiger partial charge in [0, 0.05) is 70.5 Å². The topological polar surface area (TPSA) is 202 Å². The van der Waals surface area contributed by atoms with Gasteiger partial charge >= 0.3 is 0 Å². The lowest BCUT2D eigenvalue weighted by atomic mass is 9.81. The van der Waals surface area contributed by atoms with Gasteiger partial charge in [0.05, 0.1) is 23.1 Å². The van der Waals surface area contributed by atoms with Gasteiger partial charge in [-0.2, -0.15) is 5.26 Å². The standard InChI is InChI=1S/C31H26N4O2.C31H24N4O2/c1-16-4-7-22(21(10-16)14-32)19-5-8-23-25(12-19)29-24-9-6-20(13-26(24)30(23)37-29)31(36)34-15-27-17(2)11-28(33)35-18(27)3;1-16-4-7-22(21(10-16)14-32)19-5-8-23-25(12-19)30-26-13-20(6-9-24(26)29(23)37-30)31(36)34-15-27-17(2)11-28(33)35-18(27)3/h4-13,29-30H,15H2,1-3H3,(H2,33,35)(H,34,36);4-13,29-30H,1,15H2,2-3H3,(H2-,33,34,35,36)/p+1. The third-order valence-corrected chi connectivity index (χ3v) is 14.8. The maximum absolute atomic E-state index is 13.1. The summed E-state index contributed by atoms with van der Waals surface area (Å²) in [6.45, 7) is 14.4. The number of nitrogens with zero attached hydrogens (tertiary/aromatic N) is 4. The zero-order valence-electron chi connectivity index (χ0n) is 41.6. The highest BCUT2D eigenvalue weighted by molar-refractivity contribution is 5.95. The van der Waals surface area contributed by atoms with Crippen LogP contribution in [-0.4, -0.2) is 21.8 Å². The molecule has 4 aliphatic heterocycles. The van der Waals surface area contributed by atoms with Gasteiger partial charge in [-0.3, -0.25) is 9.59 Å². The minimum atomic E-state index is -0.244. The van der Waals surface area contributed by atoms with Gasteiger partial charge in [-0.15, -0.1) is 5.26 Å². The summed E-state index contributed by atoms with van der Waals surface area (Å²) >= 11 is 0. The normalized spacial score (nSPS) is 17.7. The number of hydrogen-bond acceptors (Lipinski definition) is 10. The average Bonchev–Trinajstić information content (AvgIpc) is 4.21. The second kappa shape index (κ2) is 18.5. The first kappa shape index (κ1) is 47.3. The van der Waals surface area contributed by atoms with Crippen LogP contribution in [0.4, 0.5) is 11.6 Å². The highest BCUT2D eigenvalue weighted by Crippen LogP contribution is 2.56. The van der Waals surface area contributed by atoms with Gasteiger partial charge in [0.15, 0.2) is 6.07 Å². The summed E-state index contributed by atoms with van der Waals surface area (Å²) in [7, 11) is 0. The molecule has 4 bridgehead atoms. The molecule has 0 radical (unpaired) electrons. The van der Waals surface area contributed by atoms with E-state index in [4.69, 9.17) is 20.9 Å². The number of nitriles is 2. The van der Waals surface area contributed by atoms with Crippen molar-refractivity contribution in [3.63, 3.8) is 0 Å². The van der Waals surface area contributed by atoms with Crippen molar-refractivity contribution < 1.29 is 19.1 Å². The van der Waals surface area contributed by atoms with Gasteiger partial charge in [-0.1, -0.05) is 43.0 Å². The van der Waals surface area contributed by atoms with Crippen molar-refractivity contribution in [1.29, 1.82) is 10.5 Å².